The van der Waals surface area contributed by atoms with Crippen molar-refractivity contribution in [2.75, 3.05) is 0 Å². The zero-order chi connectivity index (χ0) is 10.2. The maximum Gasteiger partial charge on any atom is 0.258 e. The van der Waals surface area contributed by atoms with Crippen molar-refractivity contribution in [2.24, 2.45) is 0 Å². The molecular weight excluding hydrogens is 200 g/mol. The summed E-state index contributed by atoms with van der Waals surface area (Å²) < 4.78 is 25.8. The van der Waals surface area contributed by atoms with Gasteiger partial charge in [0, 0.05) is 12.2 Å². The van der Waals surface area contributed by atoms with Gasteiger partial charge in [-0.1, -0.05) is 6.07 Å². The lowest BCUT2D eigenvalue weighted by Gasteiger charge is -2.03. The average molecular weight is 212 g/mol. The van der Waals surface area contributed by atoms with E-state index in [2.05, 4.69) is 9.71 Å². The minimum absolute atomic E-state index is 0.106. The molecule has 0 atom stereocenters. The molecule has 14 heavy (non-hydrogen) atoms. The molecule has 1 fully saturated rings. The van der Waals surface area contributed by atoms with Gasteiger partial charge in [-0.05, 0) is 31.4 Å². The van der Waals surface area contributed by atoms with Crippen LogP contribution in [0.1, 0.15) is 18.4 Å². The van der Waals surface area contributed by atoms with Gasteiger partial charge in [0.05, 0.1) is 0 Å². The molecule has 1 N–H and O–H groups in total. The highest BCUT2D eigenvalue weighted by Gasteiger charge is 2.28. The molecule has 0 bridgehead atoms. The molecule has 1 aromatic rings. The van der Waals surface area contributed by atoms with Gasteiger partial charge >= 0.3 is 0 Å². The SMILES string of the molecule is Cc1ccc(S(=O)(=O)NC2CC2)nc1. The summed E-state index contributed by atoms with van der Waals surface area (Å²) in [6, 6.07) is 3.40. The van der Waals surface area contributed by atoms with E-state index in [1.165, 1.54) is 6.07 Å². The summed E-state index contributed by atoms with van der Waals surface area (Å²) in [5.74, 6) is 0. The number of aryl methyl sites for hydroxylation is 1. The number of nitrogens with zero attached hydrogens (tertiary/aromatic N) is 1. The van der Waals surface area contributed by atoms with E-state index in [1.54, 1.807) is 12.3 Å². The predicted octanol–water partition coefficient (Wildman–Crippen LogP) is 0.831. The summed E-state index contributed by atoms with van der Waals surface area (Å²) in [6.07, 6.45) is 3.43. The van der Waals surface area contributed by atoms with Crippen LogP contribution in [-0.4, -0.2) is 19.4 Å². The Morgan fingerprint density at radius 1 is 1.43 bits per heavy atom. The molecule has 1 aromatic heterocycles. The molecule has 0 spiro atoms. The number of hydrogen-bond acceptors (Lipinski definition) is 3. The first kappa shape index (κ1) is 9.61. The molecule has 4 nitrogen and oxygen atoms in total. The molecule has 1 aliphatic carbocycles. The zero-order valence-electron chi connectivity index (χ0n) is 7.90. The summed E-state index contributed by atoms with van der Waals surface area (Å²) in [6.45, 7) is 1.87. The topological polar surface area (TPSA) is 59.1 Å². The molecule has 0 unspecified atom stereocenters. The number of nitrogens with one attached hydrogen (secondary N) is 1. The fourth-order valence-electron chi connectivity index (χ4n) is 1.09. The lowest BCUT2D eigenvalue weighted by atomic mass is 10.3. The van der Waals surface area contributed by atoms with Gasteiger partial charge in [-0.2, -0.15) is 0 Å². The van der Waals surface area contributed by atoms with Crippen molar-refractivity contribution < 1.29 is 8.42 Å². The summed E-state index contributed by atoms with van der Waals surface area (Å²) in [7, 11) is -3.37. The highest BCUT2D eigenvalue weighted by atomic mass is 32.2. The minimum Gasteiger partial charge on any atom is -0.243 e. The van der Waals surface area contributed by atoms with E-state index in [0.717, 1.165) is 18.4 Å². The Kier molecular flexibility index (Phi) is 2.28. The molecule has 2 rings (SSSR count). The van der Waals surface area contributed by atoms with Crippen LogP contribution in [0.15, 0.2) is 23.4 Å². The van der Waals surface area contributed by atoms with Crippen molar-refractivity contribution in [3.8, 4) is 0 Å². The van der Waals surface area contributed by atoms with Crippen molar-refractivity contribution in [3.63, 3.8) is 0 Å². The largest absolute Gasteiger partial charge is 0.258 e. The van der Waals surface area contributed by atoms with Crippen LogP contribution in [0, 0.1) is 6.92 Å². The van der Waals surface area contributed by atoms with E-state index in [-0.39, 0.29) is 11.1 Å². The Hall–Kier alpha value is -0.940. The maximum atomic E-state index is 11.6. The highest BCUT2D eigenvalue weighted by Crippen LogP contribution is 2.21. The molecule has 5 heteroatoms. The van der Waals surface area contributed by atoms with Crippen molar-refractivity contribution in [2.45, 2.75) is 30.8 Å². The van der Waals surface area contributed by atoms with E-state index in [1.807, 2.05) is 6.92 Å². The van der Waals surface area contributed by atoms with Crippen LogP contribution < -0.4 is 4.72 Å². The molecule has 0 aromatic carbocycles. The third-order valence-corrected chi connectivity index (χ3v) is 3.49. The lowest BCUT2D eigenvalue weighted by molar-refractivity contribution is 0.577. The van der Waals surface area contributed by atoms with Gasteiger partial charge in [0.2, 0.25) is 0 Å². The van der Waals surface area contributed by atoms with Gasteiger partial charge in [-0.3, -0.25) is 0 Å². The highest BCUT2D eigenvalue weighted by molar-refractivity contribution is 7.89. The molecule has 1 heterocycles. The van der Waals surface area contributed by atoms with Gasteiger partial charge < -0.3 is 0 Å². The van der Waals surface area contributed by atoms with Gasteiger partial charge in [0.1, 0.15) is 0 Å². The third kappa shape index (κ3) is 2.10. The van der Waals surface area contributed by atoms with Crippen molar-refractivity contribution in [1.82, 2.24) is 9.71 Å². The molecule has 76 valence electrons. The molecule has 0 saturated heterocycles. The Morgan fingerprint density at radius 3 is 2.64 bits per heavy atom. The smallest absolute Gasteiger partial charge is 0.243 e. The van der Waals surface area contributed by atoms with Crippen LogP contribution in [0.4, 0.5) is 0 Å². The van der Waals surface area contributed by atoms with Crippen molar-refractivity contribution in [3.05, 3.63) is 23.9 Å². The van der Waals surface area contributed by atoms with Crippen LogP contribution in [0.2, 0.25) is 0 Å². The van der Waals surface area contributed by atoms with Crippen LogP contribution in [0.3, 0.4) is 0 Å². The first-order valence-corrected chi connectivity index (χ1v) is 6.01. The first-order chi connectivity index (χ1) is 6.58. The molecule has 0 aliphatic heterocycles. The van der Waals surface area contributed by atoms with Crippen LogP contribution in [-0.2, 0) is 10.0 Å². The standard InChI is InChI=1S/C9H12N2O2S/c1-7-2-5-9(10-6-7)14(12,13)11-8-3-4-8/h2,5-6,8,11H,3-4H2,1H3. The molecular formula is C9H12N2O2S. The number of rotatable bonds is 3. The molecule has 1 saturated carbocycles. The number of pyridine rings is 1. The quantitative estimate of drug-likeness (QED) is 0.807. The Balaban J connectivity index is 2.24. The molecule has 0 radical (unpaired) electrons. The number of sulfonamides is 1. The fourth-order valence-corrected chi connectivity index (χ4v) is 2.33. The summed E-state index contributed by atoms with van der Waals surface area (Å²) >= 11 is 0. The molecule has 0 amide bonds. The average Bonchev–Trinajstić information content (AvgIpc) is 2.88. The summed E-state index contributed by atoms with van der Waals surface area (Å²) in [5.41, 5.74) is 0.954. The monoisotopic (exact) mass is 212 g/mol. The Labute approximate surface area is 83.4 Å². The minimum atomic E-state index is -3.37. The Morgan fingerprint density at radius 2 is 2.14 bits per heavy atom. The van der Waals surface area contributed by atoms with Gasteiger partial charge in [0.15, 0.2) is 5.03 Å². The van der Waals surface area contributed by atoms with Crippen molar-refractivity contribution >= 4 is 10.0 Å². The third-order valence-electron chi connectivity index (χ3n) is 2.06. The van der Waals surface area contributed by atoms with Crippen LogP contribution in [0.25, 0.3) is 0 Å². The van der Waals surface area contributed by atoms with E-state index in [0.29, 0.717) is 0 Å². The molecule has 1 aliphatic rings. The maximum absolute atomic E-state index is 11.6. The van der Waals surface area contributed by atoms with E-state index in [9.17, 15) is 8.42 Å². The van der Waals surface area contributed by atoms with Gasteiger partial charge in [-0.25, -0.2) is 18.1 Å². The summed E-state index contributed by atoms with van der Waals surface area (Å²) in [4.78, 5) is 3.88. The van der Waals surface area contributed by atoms with Crippen molar-refractivity contribution in [1.29, 1.82) is 0 Å². The zero-order valence-corrected chi connectivity index (χ0v) is 8.71. The van der Waals surface area contributed by atoms with E-state index < -0.39 is 10.0 Å². The van der Waals surface area contributed by atoms with Gasteiger partial charge in [0.25, 0.3) is 10.0 Å². The fraction of sp³-hybridized carbons (Fsp3) is 0.444. The second-order valence-corrected chi connectivity index (χ2v) is 5.23. The predicted molar refractivity (Wildman–Crippen MR) is 52.3 cm³/mol. The van der Waals surface area contributed by atoms with Gasteiger partial charge in [-0.15, -0.1) is 0 Å². The van der Waals surface area contributed by atoms with Crippen LogP contribution >= 0.6 is 0 Å². The van der Waals surface area contributed by atoms with E-state index >= 15 is 0 Å². The normalized spacial score (nSPS) is 16.9. The lowest BCUT2D eigenvalue weighted by Crippen LogP contribution is -2.26. The van der Waals surface area contributed by atoms with Crippen LogP contribution in [0.5, 0.6) is 0 Å². The number of hydrogen-bond donors (Lipinski definition) is 1. The second-order valence-electron chi connectivity index (χ2n) is 3.57. The van der Waals surface area contributed by atoms with E-state index in [4.69, 9.17) is 0 Å². The second kappa shape index (κ2) is 3.33. The summed E-state index contributed by atoms with van der Waals surface area (Å²) in [5, 5.41) is 0.106. The Bertz CT molecular complexity index is 421. The first-order valence-electron chi connectivity index (χ1n) is 4.53. The number of aromatic nitrogens is 1.